The molecule has 0 aromatic carbocycles. The predicted octanol–water partition coefficient (Wildman–Crippen LogP) is 0.875. The molecular weight excluding hydrogens is 206 g/mol. The molecule has 0 aromatic rings. The second kappa shape index (κ2) is 3.94. The van der Waals surface area contributed by atoms with Crippen molar-refractivity contribution in [2.24, 2.45) is 17.6 Å². The average Bonchev–Trinajstić information content (AvgIpc) is 2.63. The third kappa shape index (κ3) is 2.20. The van der Waals surface area contributed by atoms with E-state index in [9.17, 15) is 8.78 Å². The minimum Gasteiger partial charge on any atom is -0.325 e. The SMILES string of the molecule is NCC(F)(F)CN1CC2CSCC2C1. The molecule has 2 saturated heterocycles. The van der Waals surface area contributed by atoms with Gasteiger partial charge in [0.2, 0.25) is 0 Å². The number of halogens is 2. The Morgan fingerprint density at radius 3 is 2.36 bits per heavy atom. The number of alkyl halides is 2. The molecule has 5 heteroatoms. The Morgan fingerprint density at radius 2 is 1.86 bits per heavy atom. The van der Waals surface area contributed by atoms with E-state index in [1.165, 1.54) is 0 Å². The standard InChI is InChI=1S/C9H16F2N2S/c10-9(11,5-12)6-13-1-7-3-14-4-8(7)2-13/h7-8H,1-6,12H2. The number of nitrogens with zero attached hydrogens (tertiary/aromatic N) is 1. The van der Waals surface area contributed by atoms with E-state index < -0.39 is 12.5 Å². The summed E-state index contributed by atoms with van der Waals surface area (Å²) in [5.74, 6) is 0.887. The number of thioether (sulfide) groups is 1. The Kier molecular flexibility index (Phi) is 3.00. The van der Waals surface area contributed by atoms with E-state index in [1.54, 1.807) is 0 Å². The molecule has 0 amide bonds. The first-order valence-corrected chi connectivity index (χ1v) is 6.14. The Labute approximate surface area is 87.2 Å². The van der Waals surface area contributed by atoms with Crippen molar-refractivity contribution >= 4 is 11.8 Å². The lowest BCUT2D eigenvalue weighted by Crippen LogP contribution is -2.41. The summed E-state index contributed by atoms with van der Waals surface area (Å²) in [4.78, 5) is 1.88. The van der Waals surface area contributed by atoms with E-state index >= 15 is 0 Å². The van der Waals surface area contributed by atoms with Crippen LogP contribution in [0.3, 0.4) is 0 Å². The molecule has 0 aliphatic carbocycles. The molecule has 14 heavy (non-hydrogen) atoms. The van der Waals surface area contributed by atoms with Gasteiger partial charge in [0.25, 0.3) is 5.92 Å². The van der Waals surface area contributed by atoms with Crippen molar-refractivity contribution < 1.29 is 8.78 Å². The van der Waals surface area contributed by atoms with Crippen LogP contribution in [0.25, 0.3) is 0 Å². The summed E-state index contributed by atoms with van der Waals surface area (Å²) in [5, 5.41) is 0. The van der Waals surface area contributed by atoms with Crippen LogP contribution in [0.5, 0.6) is 0 Å². The van der Waals surface area contributed by atoms with Gasteiger partial charge in [-0.15, -0.1) is 0 Å². The first-order valence-electron chi connectivity index (χ1n) is 4.99. The van der Waals surface area contributed by atoms with Gasteiger partial charge in [-0.25, -0.2) is 8.78 Å². The van der Waals surface area contributed by atoms with Gasteiger partial charge in [0.05, 0.1) is 13.1 Å². The van der Waals surface area contributed by atoms with Gasteiger partial charge >= 0.3 is 0 Å². The van der Waals surface area contributed by atoms with Crippen molar-refractivity contribution in [1.82, 2.24) is 4.90 Å². The summed E-state index contributed by atoms with van der Waals surface area (Å²) in [6.07, 6.45) is 0. The molecule has 2 aliphatic heterocycles. The topological polar surface area (TPSA) is 29.3 Å². The number of hydrogen-bond donors (Lipinski definition) is 1. The first-order chi connectivity index (χ1) is 6.61. The highest BCUT2D eigenvalue weighted by molar-refractivity contribution is 7.99. The number of rotatable bonds is 3. The molecule has 2 fully saturated rings. The average molecular weight is 222 g/mol. The van der Waals surface area contributed by atoms with Crippen molar-refractivity contribution in [3.63, 3.8) is 0 Å². The summed E-state index contributed by atoms with van der Waals surface area (Å²) >= 11 is 1.95. The second-order valence-corrected chi connectivity index (χ2v) is 5.39. The molecule has 2 heterocycles. The molecule has 0 radical (unpaired) electrons. The molecule has 82 valence electrons. The van der Waals surface area contributed by atoms with Gasteiger partial charge in [-0.1, -0.05) is 0 Å². The predicted molar refractivity (Wildman–Crippen MR) is 54.7 cm³/mol. The van der Waals surface area contributed by atoms with Gasteiger partial charge in [0.15, 0.2) is 0 Å². The number of fused-ring (bicyclic) bond motifs is 1. The maximum absolute atomic E-state index is 13.0. The molecule has 0 aromatic heterocycles. The third-order valence-corrected chi connectivity index (χ3v) is 4.40. The van der Waals surface area contributed by atoms with Gasteiger partial charge in [0, 0.05) is 13.1 Å². The number of hydrogen-bond acceptors (Lipinski definition) is 3. The summed E-state index contributed by atoms with van der Waals surface area (Å²) in [5.41, 5.74) is 5.02. The molecule has 2 unspecified atom stereocenters. The number of nitrogens with two attached hydrogens (primary N) is 1. The minimum atomic E-state index is -2.70. The molecule has 0 bridgehead atoms. The van der Waals surface area contributed by atoms with Gasteiger partial charge in [-0.05, 0) is 23.3 Å². The largest absolute Gasteiger partial charge is 0.325 e. The van der Waals surface area contributed by atoms with Crippen molar-refractivity contribution in [1.29, 1.82) is 0 Å². The van der Waals surface area contributed by atoms with Crippen LogP contribution in [0, 0.1) is 11.8 Å². The highest BCUT2D eigenvalue weighted by atomic mass is 32.2. The quantitative estimate of drug-likeness (QED) is 0.768. The molecule has 0 spiro atoms. The summed E-state index contributed by atoms with van der Waals surface area (Å²) < 4.78 is 26.0. The first kappa shape index (κ1) is 10.6. The second-order valence-electron chi connectivity index (χ2n) is 4.31. The normalized spacial score (nSPS) is 33.6. The van der Waals surface area contributed by atoms with Crippen molar-refractivity contribution in [2.45, 2.75) is 5.92 Å². The van der Waals surface area contributed by atoms with E-state index in [0.717, 1.165) is 24.6 Å². The van der Waals surface area contributed by atoms with E-state index in [-0.39, 0.29) is 6.54 Å². The Hall–Kier alpha value is 0.130. The monoisotopic (exact) mass is 222 g/mol. The van der Waals surface area contributed by atoms with Crippen LogP contribution < -0.4 is 5.73 Å². The van der Waals surface area contributed by atoms with E-state index in [4.69, 9.17) is 5.73 Å². The van der Waals surface area contributed by atoms with Crippen LogP contribution in [0.2, 0.25) is 0 Å². The van der Waals surface area contributed by atoms with Crippen molar-refractivity contribution in [3.05, 3.63) is 0 Å². The van der Waals surface area contributed by atoms with Gasteiger partial charge < -0.3 is 5.73 Å². The zero-order chi connectivity index (χ0) is 10.2. The van der Waals surface area contributed by atoms with Crippen molar-refractivity contribution in [2.75, 3.05) is 37.7 Å². The van der Waals surface area contributed by atoms with E-state index in [0.29, 0.717) is 11.8 Å². The lowest BCUT2D eigenvalue weighted by molar-refractivity contribution is -0.0191. The van der Waals surface area contributed by atoms with Crippen molar-refractivity contribution in [3.8, 4) is 0 Å². The maximum Gasteiger partial charge on any atom is 0.272 e. The van der Waals surface area contributed by atoms with Crippen LogP contribution in [0.1, 0.15) is 0 Å². The zero-order valence-corrected chi connectivity index (χ0v) is 8.90. The Bertz CT molecular complexity index is 201. The van der Waals surface area contributed by atoms with Crippen LogP contribution in [-0.2, 0) is 0 Å². The van der Waals surface area contributed by atoms with Gasteiger partial charge in [0.1, 0.15) is 0 Å². The third-order valence-electron chi connectivity index (χ3n) is 3.07. The van der Waals surface area contributed by atoms with E-state index in [1.807, 2.05) is 16.7 Å². The van der Waals surface area contributed by atoms with E-state index in [2.05, 4.69) is 0 Å². The lowest BCUT2D eigenvalue weighted by atomic mass is 10.0. The molecule has 2 nitrogen and oxygen atoms in total. The minimum absolute atomic E-state index is 0.152. The lowest BCUT2D eigenvalue weighted by Gasteiger charge is -2.22. The number of likely N-dealkylation sites (tertiary alicyclic amines) is 1. The highest BCUT2D eigenvalue weighted by Gasteiger charge is 2.40. The smallest absolute Gasteiger partial charge is 0.272 e. The van der Waals surface area contributed by atoms with Gasteiger partial charge in [-0.3, -0.25) is 4.90 Å². The molecule has 2 aliphatic rings. The molecule has 2 atom stereocenters. The molecule has 2 N–H and O–H groups in total. The van der Waals surface area contributed by atoms with Crippen LogP contribution >= 0.6 is 11.8 Å². The Balaban J connectivity index is 1.84. The fraction of sp³-hybridized carbons (Fsp3) is 1.00. The highest BCUT2D eigenvalue weighted by Crippen LogP contribution is 2.36. The summed E-state index contributed by atoms with van der Waals surface area (Å²) in [6, 6.07) is 0. The van der Waals surface area contributed by atoms with Crippen LogP contribution in [-0.4, -0.2) is 48.5 Å². The summed E-state index contributed by atoms with van der Waals surface area (Å²) in [6.45, 7) is 0.995. The fourth-order valence-corrected chi connectivity index (χ4v) is 3.80. The fourth-order valence-electron chi connectivity index (χ4n) is 2.31. The maximum atomic E-state index is 13.0. The van der Waals surface area contributed by atoms with Crippen LogP contribution in [0.4, 0.5) is 8.78 Å². The molecular formula is C9H16F2N2S. The van der Waals surface area contributed by atoms with Gasteiger partial charge in [-0.2, -0.15) is 11.8 Å². The zero-order valence-electron chi connectivity index (χ0n) is 8.09. The molecule has 0 saturated carbocycles. The van der Waals surface area contributed by atoms with Crippen LogP contribution in [0.15, 0.2) is 0 Å². The summed E-state index contributed by atoms with van der Waals surface area (Å²) in [7, 11) is 0. The Morgan fingerprint density at radius 1 is 1.29 bits per heavy atom. The molecule has 2 rings (SSSR count).